The summed E-state index contributed by atoms with van der Waals surface area (Å²) < 4.78 is 5.20. The summed E-state index contributed by atoms with van der Waals surface area (Å²) in [5.41, 5.74) is 0.910. The fourth-order valence-electron chi connectivity index (χ4n) is 1.85. The second-order valence-corrected chi connectivity index (χ2v) is 5.42. The largest absolute Gasteiger partial charge is 0.395 e. The van der Waals surface area contributed by atoms with E-state index in [1.807, 2.05) is 11.4 Å². The molecule has 5 nitrogen and oxygen atoms in total. The molecule has 1 aliphatic heterocycles. The van der Waals surface area contributed by atoms with Gasteiger partial charge in [0.05, 0.1) is 25.8 Å². The average molecular weight is 294 g/mol. The molecule has 1 fully saturated rings. The van der Waals surface area contributed by atoms with Crippen LogP contribution in [0.3, 0.4) is 0 Å². The average Bonchev–Trinajstić information content (AvgIpc) is 3.08. The van der Waals surface area contributed by atoms with E-state index in [4.69, 9.17) is 9.84 Å². The van der Waals surface area contributed by atoms with Crippen LogP contribution < -0.4 is 10.6 Å². The first-order valence-electron chi connectivity index (χ1n) is 6.58. The molecule has 20 heavy (non-hydrogen) atoms. The van der Waals surface area contributed by atoms with Gasteiger partial charge >= 0.3 is 6.03 Å². The van der Waals surface area contributed by atoms with E-state index in [1.54, 1.807) is 11.3 Å². The molecule has 0 aliphatic carbocycles. The van der Waals surface area contributed by atoms with Crippen molar-refractivity contribution in [2.24, 2.45) is 0 Å². The van der Waals surface area contributed by atoms with Crippen molar-refractivity contribution in [3.63, 3.8) is 0 Å². The molecule has 0 bridgehead atoms. The maximum atomic E-state index is 11.7. The van der Waals surface area contributed by atoms with Crippen LogP contribution in [-0.4, -0.2) is 37.0 Å². The number of aliphatic hydroxyl groups excluding tert-OH is 1. The Hall–Kier alpha value is -1.55. The van der Waals surface area contributed by atoms with Gasteiger partial charge < -0.3 is 20.5 Å². The minimum atomic E-state index is -0.178. The quantitative estimate of drug-likeness (QED) is 0.728. The Morgan fingerprint density at radius 3 is 3.25 bits per heavy atom. The summed E-state index contributed by atoms with van der Waals surface area (Å²) in [7, 11) is 0. The van der Waals surface area contributed by atoms with Crippen molar-refractivity contribution in [2.75, 3.05) is 19.8 Å². The van der Waals surface area contributed by atoms with Crippen LogP contribution in [-0.2, 0) is 11.3 Å². The lowest BCUT2D eigenvalue weighted by Gasteiger charge is -2.11. The molecule has 0 radical (unpaired) electrons. The Morgan fingerprint density at radius 1 is 1.60 bits per heavy atom. The zero-order valence-electron chi connectivity index (χ0n) is 11.1. The minimum absolute atomic E-state index is 0.0661. The first-order chi connectivity index (χ1) is 9.79. The van der Waals surface area contributed by atoms with E-state index in [2.05, 4.69) is 22.5 Å². The summed E-state index contributed by atoms with van der Waals surface area (Å²) in [6, 6.07) is 1.86. The summed E-state index contributed by atoms with van der Waals surface area (Å²) in [5.74, 6) is 5.89. The Labute approximate surface area is 122 Å². The van der Waals surface area contributed by atoms with Crippen LogP contribution >= 0.6 is 11.3 Å². The molecular weight excluding hydrogens is 276 g/mol. The number of carbonyl (C=O) groups excluding carboxylic acids is 1. The monoisotopic (exact) mass is 294 g/mol. The number of carbonyl (C=O) groups is 1. The zero-order valence-corrected chi connectivity index (χ0v) is 12.0. The number of aliphatic hydroxyl groups is 1. The molecule has 1 aromatic heterocycles. The van der Waals surface area contributed by atoms with Gasteiger partial charge in [0.15, 0.2) is 0 Å². The summed E-state index contributed by atoms with van der Waals surface area (Å²) in [4.78, 5) is 12.7. The summed E-state index contributed by atoms with van der Waals surface area (Å²) in [6.45, 7) is 1.82. The number of ether oxygens (including phenoxy) is 1. The normalized spacial score (nSPS) is 17.4. The molecule has 2 amide bonds. The predicted molar refractivity (Wildman–Crippen MR) is 77.5 cm³/mol. The smallest absolute Gasteiger partial charge is 0.315 e. The number of hydrogen-bond acceptors (Lipinski definition) is 4. The topological polar surface area (TPSA) is 70.6 Å². The van der Waals surface area contributed by atoms with E-state index in [0.717, 1.165) is 16.9 Å². The van der Waals surface area contributed by atoms with Gasteiger partial charge in [-0.25, -0.2) is 4.79 Å². The fraction of sp³-hybridized carbons (Fsp3) is 0.500. The molecule has 0 aromatic carbocycles. The number of hydrogen-bond donors (Lipinski definition) is 3. The van der Waals surface area contributed by atoms with E-state index >= 15 is 0 Å². The molecule has 0 saturated carbocycles. The lowest BCUT2D eigenvalue weighted by atomic mass is 10.2. The van der Waals surface area contributed by atoms with Crippen molar-refractivity contribution in [1.82, 2.24) is 10.6 Å². The maximum Gasteiger partial charge on any atom is 0.315 e. The maximum absolute atomic E-state index is 11.7. The first kappa shape index (κ1) is 14.9. The van der Waals surface area contributed by atoms with Gasteiger partial charge in [0.1, 0.15) is 0 Å². The third-order valence-corrected chi connectivity index (χ3v) is 3.80. The number of rotatable bonds is 4. The van der Waals surface area contributed by atoms with Crippen molar-refractivity contribution >= 4 is 17.4 Å². The predicted octanol–water partition coefficient (Wildman–Crippen LogP) is 1.07. The minimum Gasteiger partial charge on any atom is -0.395 e. The van der Waals surface area contributed by atoms with E-state index in [1.165, 1.54) is 0 Å². The Kier molecular flexibility index (Phi) is 5.87. The number of amides is 2. The van der Waals surface area contributed by atoms with Crippen molar-refractivity contribution in [3.05, 3.63) is 21.9 Å². The standard InChI is InChI=1S/C14H18N2O3S/c17-6-2-1-3-11-5-8-20-13(11)9-15-14(18)16-12-4-7-19-10-12/h5,8,12,17H,2,4,6-7,9-10H2,(H2,15,16,18). The van der Waals surface area contributed by atoms with Gasteiger partial charge in [-0.05, 0) is 17.9 Å². The highest BCUT2D eigenvalue weighted by atomic mass is 32.1. The van der Waals surface area contributed by atoms with Crippen LogP contribution in [0.4, 0.5) is 4.79 Å². The summed E-state index contributed by atoms with van der Waals surface area (Å²) in [6.07, 6.45) is 1.33. The molecule has 6 heteroatoms. The molecule has 2 heterocycles. The molecule has 1 unspecified atom stereocenters. The molecule has 1 aliphatic rings. The van der Waals surface area contributed by atoms with Crippen LogP contribution in [0.1, 0.15) is 23.3 Å². The molecule has 1 saturated heterocycles. The van der Waals surface area contributed by atoms with Gasteiger partial charge in [-0.1, -0.05) is 11.8 Å². The summed E-state index contributed by atoms with van der Waals surface area (Å²) >= 11 is 1.56. The number of thiophene rings is 1. The van der Waals surface area contributed by atoms with E-state index in [-0.39, 0.29) is 18.7 Å². The Balaban J connectivity index is 1.80. The lowest BCUT2D eigenvalue weighted by Crippen LogP contribution is -2.41. The lowest BCUT2D eigenvalue weighted by molar-refractivity contribution is 0.188. The van der Waals surface area contributed by atoms with Crippen LogP contribution in [0.5, 0.6) is 0 Å². The van der Waals surface area contributed by atoms with Gasteiger partial charge in [-0.15, -0.1) is 11.3 Å². The van der Waals surface area contributed by atoms with Crippen molar-refractivity contribution in [1.29, 1.82) is 0 Å². The SMILES string of the molecule is O=C(NCc1sccc1C#CCCO)NC1CCOC1. The van der Waals surface area contributed by atoms with Gasteiger partial charge in [0.2, 0.25) is 0 Å². The van der Waals surface area contributed by atoms with Crippen LogP contribution in [0, 0.1) is 11.8 Å². The fourth-order valence-corrected chi connectivity index (χ4v) is 2.62. The molecular formula is C14H18N2O3S. The van der Waals surface area contributed by atoms with Crippen LogP contribution in [0.25, 0.3) is 0 Å². The molecule has 108 valence electrons. The molecule has 3 N–H and O–H groups in total. The van der Waals surface area contributed by atoms with E-state index in [9.17, 15) is 4.79 Å². The Morgan fingerprint density at radius 2 is 2.50 bits per heavy atom. The third-order valence-electron chi connectivity index (χ3n) is 2.88. The van der Waals surface area contributed by atoms with E-state index < -0.39 is 0 Å². The van der Waals surface area contributed by atoms with E-state index in [0.29, 0.717) is 26.2 Å². The highest BCUT2D eigenvalue weighted by Crippen LogP contribution is 2.15. The highest BCUT2D eigenvalue weighted by molar-refractivity contribution is 7.10. The van der Waals surface area contributed by atoms with Gasteiger partial charge in [-0.2, -0.15) is 0 Å². The van der Waals surface area contributed by atoms with Crippen molar-refractivity contribution < 1.29 is 14.6 Å². The molecule has 1 atom stereocenters. The summed E-state index contributed by atoms with van der Waals surface area (Å²) in [5, 5.41) is 16.4. The molecule has 2 rings (SSSR count). The van der Waals surface area contributed by atoms with Crippen LogP contribution in [0.2, 0.25) is 0 Å². The second-order valence-electron chi connectivity index (χ2n) is 4.42. The Bertz CT molecular complexity index is 498. The van der Waals surface area contributed by atoms with Crippen molar-refractivity contribution in [3.8, 4) is 11.8 Å². The second kappa shape index (κ2) is 7.90. The third kappa shape index (κ3) is 4.53. The molecule has 1 aromatic rings. The van der Waals surface area contributed by atoms with Crippen LogP contribution in [0.15, 0.2) is 11.4 Å². The highest BCUT2D eigenvalue weighted by Gasteiger charge is 2.17. The number of urea groups is 1. The van der Waals surface area contributed by atoms with Gasteiger partial charge in [0.25, 0.3) is 0 Å². The zero-order chi connectivity index (χ0) is 14.2. The number of nitrogens with one attached hydrogen (secondary N) is 2. The first-order valence-corrected chi connectivity index (χ1v) is 7.46. The van der Waals surface area contributed by atoms with Gasteiger partial charge in [-0.3, -0.25) is 0 Å². The molecule has 0 spiro atoms. The van der Waals surface area contributed by atoms with Crippen molar-refractivity contribution in [2.45, 2.75) is 25.4 Å². The van der Waals surface area contributed by atoms with Gasteiger partial charge in [0, 0.05) is 23.5 Å².